The lowest BCUT2D eigenvalue weighted by molar-refractivity contribution is -0.384. The minimum atomic E-state index is -2.29. The van der Waals surface area contributed by atoms with Crippen LogP contribution < -0.4 is 0 Å². The predicted molar refractivity (Wildman–Crippen MR) is 217 cm³/mol. The molecule has 13 heteroatoms. The molecule has 0 radical (unpaired) electrons. The average molecular weight is 819 g/mol. The van der Waals surface area contributed by atoms with Gasteiger partial charge in [-0.2, -0.15) is 0 Å². The van der Waals surface area contributed by atoms with E-state index in [0.29, 0.717) is 12.8 Å². The first-order chi connectivity index (χ1) is 27.7. The highest BCUT2D eigenvalue weighted by atomic mass is 16.8. The maximum atomic E-state index is 12.9. The number of aliphatic hydroxyl groups is 6. The molecule has 0 aromatic carbocycles. The number of aliphatic hydroxyl groups excluding tert-OH is 6. The molecule has 2 fully saturated rings. The minimum absolute atomic E-state index is 0.0481. The van der Waals surface area contributed by atoms with Crippen molar-refractivity contribution in [1.29, 1.82) is 0 Å². The molecule has 13 nitrogen and oxygen atoms in total. The van der Waals surface area contributed by atoms with Crippen LogP contribution in [0.2, 0.25) is 0 Å². The number of esters is 2. The quantitative estimate of drug-likeness (QED) is 0.0293. The number of carbonyl (C=O) groups is 2. The van der Waals surface area contributed by atoms with Gasteiger partial charge in [-0.3, -0.25) is 9.59 Å². The molecule has 2 rings (SSSR count). The van der Waals surface area contributed by atoms with Gasteiger partial charge in [-0.15, -0.1) is 0 Å². The average Bonchev–Trinajstić information content (AvgIpc) is 3.47. The zero-order valence-electron chi connectivity index (χ0n) is 35.6. The van der Waals surface area contributed by atoms with E-state index in [0.717, 1.165) is 44.9 Å². The van der Waals surface area contributed by atoms with Crippen LogP contribution in [-0.2, 0) is 33.3 Å². The van der Waals surface area contributed by atoms with Crippen LogP contribution in [0.5, 0.6) is 0 Å². The molecule has 1 unspecified atom stereocenters. The molecule has 9 atom stereocenters. The monoisotopic (exact) mass is 819 g/mol. The van der Waals surface area contributed by atoms with Crippen LogP contribution in [0.1, 0.15) is 194 Å². The first-order valence-electron chi connectivity index (χ1n) is 22.9. The van der Waals surface area contributed by atoms with Crippen LogP contribution in [0.3, 0.4) is 0 Å². The van der Waals surface area contributed by atoms with Gasteiger partial charge < -0.3 is 54.3 Å². The van der Waals surface area contributed by atoms with Crippen LogP contribution in [0, 0.1) is 0 Å². The van der Waals surface area contributed by atoms with Crippen LogP contribution in [0.25, 0.3) is 0 Å². The van der Waals surface area contributed by atoms with E-state index in [9.17, 15) is 40.2 Å². The molecule has 0 saturated carbocycles. The molecule has 2 saturated heterocycles. The standard InChI is InChI=1S/C44H82O13/c1-3-5-7-9-11-13-15-17-19-21-23-25-27-29-36(48)54-41-35(32-46)53-43(40(52)39(41)51)57-44(33-47)42(38(50)34(31-45)56-44)55-37(49)30-28-26-24-22-20-18-16-14-12-10-8-6-4-2/h34-35,38-43,45-47,50-52H,3-33H2,1-2H3/t34-,35-,38-,39-,40-,41-,42+,43?,44+/m1/s1. The largest absolute Gasteiger partial charge is 0.457 e. The molecular weight excluding hydrogens is 736 g/mol. The lowest BCUT2D eigenvalue weighted by Crippen LogP contribution is -2.63. The maximum Gasteiger partial charge on any atom is 0.306 e. The van der Waals surface area contributed by atoms with Crippen LogP contribution >= 0.6 is 0 Å². The van der Waals surface area contributed by atoms with Gasteiger partial charge in [-0.1, -0.05) is 168 Å². The molecule has 0 aliphatic carbocycles. The topological polar surface area (TPSA) is 202 Å². The molecule has 2 aliphatic heterocycles. The zero-order valence-corrected chi connectivity index (χ0v) is 35.6. The lowest BCUT2D eigenvalue weighted by atomic mass is 9.98. The SMILES string of the molecule is CCCCCCCCCCCCCCCC(=O)O[C@H]1[C@H](O)[C@@H](O)C(O[C@]2(CO)O[C@H](CO)[C@@H](O)[C@@H]2OC(=O)CCCCCCCCCCCCCCC)O[C@@H]1CO. The van der Waals surface area contributed by atoms with Gasteiger partial charge in [0.1, 0.15) is 37.1 Å². The number of rotatable bonds is 35. The predicted octanol–water partition coefficient (Wildman–Crippen LogP) is 6.67. The second-order valence-corrected chi connectivity index (χ2v) is 16.5. The van der Waals surface area contributed by atoms with Gasteiger partial charge >= 0.3 is 11.9 Å². The summed E-state index contributed by atoms with van der Waals surface area (Å²) in [5, 5.41) is 63.4. The van der Waals surface area contributed by atoms with Gasteiger partial charge in [0.2, 0.25) is 5.79 Å². The second-order valence-electron chi connectivity index (χ2n) is 16.5. The highest BCUT2D eigenvalue weighted by molar-refractivity contribution is 5.70. The third kappa shape index (κ3) is 19.7. The molecule has 6 N–H and O–H groups in total. The fourth-order valence-electron chi connectivity index (χ4n) is 7.89. The lowest BCUT2D eigenvalue weighted by Gasteiger charge is -2.44. The fraction of sp³-hybridized carbons (Fsp3) is 0.955. The summed E-state index contributed by atoms with van der Waals surface area (Å²) in [7, 11) is 0. The van der Waals surface area contributed by atoms with Crippen molar-refractivity contribution in [2.75, 3.05) is 19.8 Å². The van der Waals surface area contributed by atoms with Gasteiger partial charge in [0.25, 0.3) is 0 Å². The Balaban J connectivity index is 1.78. The minimum Gasteiger partial charge on any atom is -0.457 e. The number of carbonyl (C=O) groups excluding carboxylic acids is 2. The Labute approximate surface area is 343 Å². The zero-order chi connectivity index (χ0) is 41.7. The number of ether oxygens (including phenoxy) is 5. The van der Waals surface area contributed by atoms with Gasteiger partial charge in [0.05, 0.1) is 13.2 Å². The fourth-order valence-corrected chi connectivity index (χ4v) is 7.89. The van der Waals surface area contributed by atoms with Crippen LogP contribution in [-0.4, -0.2) is 117 Å². The molecule has 57 heavy (non-hydrogen) atoms. The molecule has 0 spiro atoms. The first-order valence-corrected chi connectivity index (χ1v) is 22.9. The summed E-state index contributed by atoms with van der Waals surface area (Å²) in [6.07, 6.45) is 17.5. The Morgan fingerprint density at radius 3 is 1.28 bits per heavy atom. The van der Waals surface area contributed by atoms with E-state index < -0.39 is 86.6 Å². The maximum absolute atomic E-state index is 12.9. The molecule has 0 aromatic rings. The van der Waals surface area contributed by atoms with Gasteiger partial charge in [-0.05, 0) is 12.8 Å². The molecule has 2 aliphatic rings. The number of unbranched alkanes of at least 4 members (excludes halogenated alkanes) is 24. The highest BCUT2D eigenvalue weighted by Crippen LogP contribution is 2.38. The third-order valence-corrected chi connectivity index (χ3v) is 11.5. The Bertz CT molecular complexity index is 1010. The van der Waals surface area contributed by atoms with Gasteiger partial charge in [0.15, 0.2) is 18.5 Å². The third-order valence-electron chi connectivity index (χ3n) is 11.5. The Hall–Kier alpha value is -1.42. The molecule has 0 bridgehead atoms. The van der Waals surface area contributed by atoms with E-state index in [2.05, 4.69) is 13.8 Å². The van der Waals surface area contributed by atoms with Crippen molar-refractivity contribution in [3.8, 4) is 0 Å². The molecule has 336 valence electrons. The van der Waals surface area contributed by atoms with Crippen LogP contribution in [0.4, 0.5) is 0 Å². The number of hydrogen-bond acceptors (Lipinski definition) is 13. The van der Waals surface area contributed by atoms with Crippen molar-refractivity contribution in [2.24, 2.45) is 0 Å². The van der Waals surface area contributed by atoms with Gasteiger partial charge in [-0.25, -0.2) is 0 Å². The molecule has 2 heterocycles. The summed E-state index contributed by atoms with van der Waals surface area (Å²) in [6.45, 7) is 2.05. The Kier molecular flexibility index (Phi) is 28.5. The molecule has 0 aromatic heterocycles. The van der Waals surface area contributed by atoms with Crippen molar-refractivity contribution in [1.82, 2.24) is 0 Å². The number of hydrogen-bond donors (Lipinski definition) is 6. The van der Waals surface area contributed by atoms with Gasteiger partial charge in [0, 0.05) is 12.8 Å². The van der Waals surface area contributed by atoms with Crippen molar-refractivity contribution >= 4 is 11.9 Å². The van der Waals surface area contributed by atoms with E-state index in [-0.39, 0.29) is 12.8 Å². The van der Waals surface area contributed by atoms with Crippen molar-refractivity contribution in [3.05, 3.63) is 0 Å². The van der Waals surface area contributed by atoms with E-state index in [4.69, 9.17) is 23.7 Å². The van der Waals surface area contributed by atoms with E-state index in [1.165, 1.54) is 109 Å². The Morgan fingerprint density at radius 2 is 0.895 bits per heavy atom. The second kappa shape index (κ2) is 31.5. The highest BCUT2D eigenvalue weighted by Gasteiger charge is 2.61. The Morgan fingerprint density at radius 1 is 0.509 bits per heavy atom. The van der Waals surface area contributed by atoms with E-state index in [1.807, 2.05) is 0 Å². The van der Waals surface area contributed by atoms with E-state index >= 15 is 0 Å². The summed E-state index contributed by atoms with van der Waals surface area (Å²) in [6, 6.07) is 0. The summed E-state index contributed by atoms with van der Waals surface area (Å²) in [5.41, 5.74) is 0. The summed E-state index contributed by atoms with van der Waals surface area (Å²) in [5.74, 6) is -3.56. The first kappa shape index (κ1) is 51.7. The van der Waals surface area contributed by atoms with E-state index in [1.54, 1.807) is 0 Å². The van der Waals surface area contributed by atoms with Crippen LogP contribution in [0.15, 0.2) is 0 Å². The molecule has 0 amide bonds. The normalized spacial score (nSPS) is 27.5. The summed E-state index contributed by atoms with van der Waals surface area (Å²) in [4.78, 5) is 25.6. The summed E-state index contributed by atoms with van der Waals surface area (Å²) < 4.78 is 28.3. The van der Waals surface area contributed by atoms with Crippen molar-refractivity contribution in [3.63, 3.8) is 0 Å². The summed E-state index contributed by atoms with van der Waals surface area (Å²) >= 11 is 0. The molecular formula is C44H82O13. The smallest absolute Gasteiger partial charge is 0.306 e. The van der Waals surface area contributed by atoms with Crippen molar-refractivity contribution in [2.45, 2.75) is 248 Å². The van der Waals surface area contributed by atoms with Crippen molar-refractivity contribution < 1.29 is 63.9 Å².